The summed E-state index contributed by atoms with van der Waals surface area (Å²) >= 11 is 0. The van der Waals surface area contributed by atoms with Gasteiger partial charge < -0.3 is 10.4 Å². The largest absolute Gasteiger partial charge is 0.481 e. The van der Waals surface area contributed by atoms with E-state index in [1.807, 2.05) is 0 Å². The van der Waals surface area contributed by atoms with Crippen LogP contribution in [0, 0.1) is 5.92 Å². The fourth-order valence-electron chi connectivity index (χ4n) is 0.942. The second kappa shape index (κ2) is 2.69. The van der Waals surface area contributed by atoms with E-state index in [4.69, 9.17) is 5.11 Å². The molecular formula is C6H7NO4. The molecule has 0 aromatic carbocycles. The molecule has 1 heterocycles. The van der Waals surface area contributed by atoms with E-state index in [-0.39, 0.29) is 13.0 Å². The number of hydrogen-bond acceptors (Lipinski definition) is 3. The normalized spacial score (nSPS) is 24.5. The highest BCUT2D eigenvalue weighted by Crippen LogP contribution is 2.08. The third-order valence-electron chi connectivity index (χ3n) is 1.56. The number of carboxylic acids is 1. The fraction of sp³-hybridized carbons (Fsp3) is 0.500. The summed E-state index contributed by atoms with van der Waals surface area (Å²) in [6.07, 6.45) is 0.194. The van der Waals surface area contributed by atoms with Crippen molar-refractivity contribution in [2.75, 3.05) is 6.54 Å². The van der Waals surface area contributed by atoms with Crippen LogP contribution in [0.5, 0.6) is 0 Å². The summed E-state index contributed by atoms with van der Waals surface area (Å²) < 4.78 is 0. The van der Waals surface area contributed by atoms with Gasteiger partial charge in [-0.1, -0.05) is 0 Å². The van der Waals surface area contributed by atoms with Gasteiger partial charge in [0.05, 0.1) is 0 Å². The molecular weight excluding hydrogens is 150 g/mol. The number of Topliss-reactive ketones (excluding diaryl/α,β-unsaturated/α-hetero) is 1. The minimum absolute atomic E-state index is 0.194. The van der Waals surface area contributed by atoms with Gasteiger partial charge in [0.1, 0.15) is 5.92 Å². The Kier molecular flexibility index (Phi) is 1.89. The SMILES string of the molecule is O=C1NCCC(C(=O)O)C1=O. The average molecular weight is 157 g/mol. The monoisotopic (exact) mass is 157 g/mol. The highest BCUT2D eigenvalue weighted by Gasteiger charge is 2.34. The molecule has 5 nitrogen and oxygen atoms in total. The number of hydrogen-bond donors (Lipinski definition) is 2. The molecule has 60 valence electrons. The molecule has 1 saturated heterocycles. The molecule has 2 N–H and O–H groups in total. The molecule has 11 heavy (non-hydrogen) atoms. The first-order chi connectivity index (χ1) is 5.13. The zero-order valence-electron chi connectivity index (χ0n) is 5.66. The third kappa shape index (κ3) is 1.36. The number of carboxylic acid groups (broad SMARTS) is 1. The quantitative estimate of drug-likeness (QED) is 0.369. The first-order valence-electron chi connectivity index (χ1n) is 3.18. The molecule has 1 fully saturated rings. The minimum atomic E-state index is -1.22. The van der Waals surface area contributed by atoms with Gasteiger partial charge in [0.15, 0.2) is 0 Å². The number of rotatable bonds is 1. The van der Waals surface area contributed by atoms with Crippen molar-refractivity contribution in [3.63, 3.8) is 0 Å². The van der Waals surface area contributed by atoms with E-state index >= 15 is 0 Å². The molecule has 0 aliphatic carbocycles. The van der Waals surface area contributed by atoms with Crippen LogP contribution in [0.15, 0.2) is 0 Å². The van der Waals surface area contributed by atoms with Crippen LogP contribution in [0.3, 0.4) is 0 Å². The predicted molar refractivity (Wildman–Crippen MR) is 33.8 cm³/mol. The van der Waals surface area contributed by atoms with Gasteiger partial charge in [-0.3, -0.25) is 14.4 Å². The molecule has 0 aromatic heterocycles. The lowest BCUT2D eigenvalue weighted by Gasteiger charge is -2.16. The van der Waals surface area contributed by atoms with E-state index in [9.17, 15) is 14.4 Å². The molecule has 1 rings (SSSR count). The molecule has 1 unspecified atom stereocenters. The van der Waals surface area contributed by atoms with Crippen LogP contribution >= 0.6 is 0 Å². The van der Waals surface area contributed by atoms with Gasteiger partial charge in [-0.05, 0) is 6.42 Å². The lowest BCUT2D eigenvalue weighted by Crippen LogP contribution is -2.45. The molecule has 1 aliphatic rings. The average Bonchev–Trinajstić information content (AvgIpc) is 1.94. The van der Waals surface area contributed by atoms with Crippen molar-refractivity contribution in [3.05, 3.63) is 0 Å². The summed E-state index contributed by atoms with van der Waals surface area (Å²) in [7, 11) is 0. The summed E-state index contributed by atoms with van der Waals surface area (Å²) in [6.45, 7) is 0.265. The molecule has 5 heteroatoms. The maximum absolute atomic E-state index is 10.8. The number of carbonyl (C=O) groups excluding carboxylic acids is 2. The Morgan fingerprint density at radius 2 is 2.18 bits per heavy atom. The Labute approximate surface area is 62.4 Å². The topological polar surface area (TPSA) is 83.5 Å². The first kappa shape index (κ1) is 7.71. The van der Waals surface area contributed by atoms with E-state index < -0.39 is 23.6 Å². The number of ketones is 1. The van der Waals surface area contributed by atoms with Gasteiger partial charge in [0, 0.05) is 6.54 Å². The highest BCUT2D eigenvalue weighted by molar-refractivity contribution is 6.40. The van der Waals surface area contributed by atoms with Crippen LogP contribution < -0.4 is 5.32 Å². The second-order valence-electron chi connectivity index (χ2n) is 2.30. The van der Waals surface area contributed by atoms with Crippen LogP contribution in [-0.4, -0.2) is 29.3 Å². The van der Waals surface area contributed by atoms with Crippen LogP contribution in [0.1, 0.15) is 6.42 Å². The number of piperidine rings is 1. The van der Waals surface area contributed by atoms with E-state index in [1.165, 1.54) is 0 Å². The summed E-state index contributed by atoms with van der Waals surface area (Å²) in [5.74, 6) is -3.99. The van der Waals surface area contributed by atoms with Crippen molar-refractivity contribution in [1.82, 2.24) is 5.32 Å². The smallest absolute Gasteiger partial charge is 0.314 e. The number of amides is 1. The van der Waals surface area contributed by atoms with Gasteiger partial charge in [-0.25, -0.2) is 0 Å². The fourth-order valence-corrected chi connectivity index (χ4v) is 0.942. The molecule has 1 aliphatic heterocycles. The first-order valence-corrected chi connectivity index (χ1v) is 3.18. The van der Waals surface area contributed by atoms with Crippen molar-refractivity contribution < 1.29 is 19.5 Å². The maximum Gasteiger partial charge on any atom is 0.314 e. The molecule has 0 saturated carbocycles. The Morgan fingerprint density at radius 3 is 2.64 bits per heavy atom. The summed E-state index contributed by atoms with van der Waals surface area (Å²) in [6, 6.07) is 0. The molecule has 1 atom stereocenters. The van der Waals surface area contributed by atoms with Gasteiger partial charge >= 0.3 is 5.97 Å². The van der Waals surface area contributed by atoms with Crippen LogP contribution in [0.2, 0.25) is 0 Å². The van der Waals surface area contributed by atoms with Crippen molar-refractivity contribution in [2.45, 2.75) is 6.42 Å². The summed E-state index contributed by atoms with van der Waals surface area (Å²) in [4.78, 5) is 31.7. The van der Waals surface area contributed by atoms with Crippen molar-refractivity contribution in [1.29, 1.82) is 0 Å². The standard InChI is InChI=1S/C6H7NO4/c8-4-3(6(10)11)1-2-7-5(4)9/h3H,1-2H2,(H,7,9)(H,10,11). The number of aliphatic carboxylic acids is 1. The number of nitrogens with one attached hydrogen (secondary N) is 1. The zero-order chi connectivity index (χ0) is 8.43. The van der Waals surface area contributed by atoms with E-state index in [0.29, 0.717) is 0 Å². The molecule has 0 aromatic rings. The predicted octanol–water partition coefficient (Wildman–Crippen LogP) is -1.22. The van der Waals surface area contributed by atoms with E-state index in [2.05, 4.69) is 5.32 Å². The maximum atomic E-state index is 10.8. The van der Waals surface area contributed by atoms with Crippen molar-refractivity contribution >= 4 is 17.7 Å². The van der Waals surface area contributed by atoms with Crippen LogP contribution in [0.25, 0.3) is 0 Å². The Balaban J connectivity index is 2.74. The molecule has 0 radical (unpaired) electrons. The molecule has 0 bridgehead atoms. The van der Waals surface area contributed by atoms with E-state index in [1.54, 1.807) is 0 Å². The van der Waals surface area contributed by atoms with Crippen molar-refractivity contribution in [2.24, 2.45) is 5.92 Å². The van der Waals surface area contributed by atoms with Gasteiger partial charge in [0.2, 0.25) is 5.78 Å². The van der Waals surface area contributed by atoms with Crippen LogP contribution in [-0.2, 0) is 14.4 Å². The number of carbonyl (C=O) groups is 3. The minimum Gasteiger partial charge on any atom is -0.481 e. The zero-order valence-corrected chi connectivity index (χ0v) is 5.66. The van der Waals surface area contributed by atoms with Gasteiger partial charge in [-0.2, -0.15) is 0 Å². The molecule has 0 spiro atoms. The molecule has 1 amide bonds. The van der Waals surface area contributed by atoms with Crippen LogP contribution in [0.4, 0.5) is 0 Å². The second-order valence-corrected chi connectivity index (χ2v) is 2.30. The summed E-state index contributed by atoms with van der Waals surface area (Å²) in [5.41, 5.74) is 0. The Bertz CT molecular complexity index is 223. The lowest BCUT2D eigenvalue weighted by atomic mass is 9.97. The van der Waals surface area contributed by atoms with Crippen molar-refractivity contribution in [3.8, 4) is 0 Å². The lowest BCUT2D eigenvalue weighted by molar-refractivity contribution is -0.152. The Hall–Kier alpha value is -1.39. The summed E-state index contributed by atoms with van der Waals surface area (Å²) in [5, 5.41) is 10.7. The van der Waals surface area contributed by atoms with E-state index in [0.717, 1.165) is 0 Å². The third-order valence-corrected chi connectivity index (χ3v) is 1.56. The Morgan fingerprint density at radius 1 is 1.55 bits per heavy atom. The highest BCUT2D eigenvalue weighted by atomic mass is 16.4. The van der Waals surface area contributed by atoms with Gasteiger partial charge in [0.25, 0.3) is 5.91 Å². The van der Waals surface area contributed by atoms with Gasteiger partial charge in [-0.15, -0.1) is 0 Å².